The summed E-state index contributed by atoms with van der Waals surface area (Å²) in [5.41, 5.74) is 8.49. The fraction of sp³-hybridized carbons (Fsp3) is 0.357. The summed E-state index contributed by atoms with van der Waals surface area (Å²) in [4.78, 5) is 0. The molecule has 3 aromatic carbocycles. The molecule has 3 radical (unpaired) electrons. The van der Waals surface area contributed by atoms with Gasteiger partial charge in [-0.05, 0) is 46.1 Å². The van der Waals surface area contributed by atoms with Gasteiger partial charge < -0.3 is 4.57 Å². The normalized spacial score (nSPS) is 12.2. The molecule has 0 saturated heterocycles. The first-order valence-corrected chi connectivity index (χ1v) is 11.7. The lowest BCUT2D eigenvalue weighted by Crippen LogP contribution is -2.23. The van der Waals surface area contributed by atoms with E-state index >= 15 is 0 Å². The fourth-order valence-corrected chi connectivity index (χ4v) is 5.92. The molecule has 0 aliphatic carbocycles. The Morgan fingerprint density at radius 2 is 1.27 bits per heavy atom. The van der Waals surface area contributed by atoms with E-state index in [1.54, 1.807) is 0 Å². The van der Waals surface area contributed by atoms with Gasteiger partial charge in [0.25, 0.3) is 0 Å². The van der Waals surface area contributed by atoms with E-state index in [1.807, 2.05) is 0 Å². The van der Waals surface area contributed by atoms with Crippen molar-refractivity contribution in [3.05, 3.63) is 76.9 Å². The molecule has 1 nitrogen and oxygen atoms in total. The lowest BCUT2D eigenvalue weighted by Gasteiger charge is -2.26. The van der Waals surface area contributed by atoms with Crippen LogP contribution in [-0.4, -0.2) is 14.8 Å². The number of rotatable bonds is 5. The lowest BCUT2D eigenvalue weighted by atomic mass is 9.83. The number of aromatic nitrogens is 1. The Morgan fingerprint density at radius 1 is 0.700 bits per heavy atom. The predicted molar refractivity (Wildman–Crippen MR) is 133 cm³/mol. The number of nitrogens with zero attached hydrogens (tertiary/aromatic N) is 1. The van der Waals surface area contributed by atoms with E-state index in [0.717, 1.165) is 6.54 Å². The van der Waals surface area contributed by atoms with E-state index in [-0.39, 0.29) is 0 Å². The number of hydrogen-bond donors (Lipinski definition) is 0. The van der Waals surface area contributed by atoms with Crippen molar-refractivity contribution in [1.82, 2.24) is 4.57 Å². The highest BCUT2D eigenvalue weighted by molar-refractivity contribution is 6.37. The molecule has 1 aromatic heterocycles. The standard InChI is InChI=1S/C28H32NSi/c1-17(2)23-24(18(3)4)28(30)25(19(5)6)26-21-14-10-11-15-22(21)29(27(23)26)16-20-12-8-7-9-13-20/h7-15,17-19H,16H2,1-6H3. The van der Waals surface area contributed by atoms with Crippen molar-refractivity contribution in [2.24, 2.45) is 0 Å². The molecule has 0 amide bonds. The first kappa shape index (κ1) is 20.9. The van der Waals surface area contributed by atoms with Gasteiger partial charge in [0, 0.05) is 22.8 Å². The molecule has 0 atom stereocenters. The van der Waals surface area contributed by atoms with E-state index in [4.69, 9.17) is 0 Å². The van der Waals surface area contributed by atoms with E-state index in [1.165, 1.54) is 49.2 Å². The molecule has 0 spiro atoms. The maximum Gasteiger partial charge on any atom is 0.0720 e. The number of fused-ring (bicyclic) bond motifs is 3. The topological polar surface area (TPSA) is 4.93 Å². The van der Waals surface area contributed by atoms with E-state index in [2.05, 4.69) is 111 Å². The van der Waals surface area contributed by atoms with Crippen molar-refractivity contribution in [2.75, 3.05) is 0 Å². The molecular formula is C28H32NSi. The summed E-state index contributed by atoms with van der Waals surface area (Å²) >= 11 is 0. The molecule has 1 heterocycles. The molecule has 4 rings (SSSR count). The minimum Gasteiger partial charge on any atom is -0.336 e. The highest BCUT2D eigenvalue weighted by Gasteiger charge is 2.26. The van der Waals surface area contributed by atoms with E-state index < -0.39 is 0 Å². The zero-order valence-electron chi connectivity index (χ0n) is 19.1. The van der Waals surface area contributed by atoms with Gasteiger partial charge in [-0.15, -0.1) is 0 Å². The summed E-state index contributed by atoms with van der Waals surface area (Å²) < 4.78 is 2.57. The minimum absolute atomic E-state index is 0.440. The van der Waals surface area contributed by atoms with Crippen molar-refractivity contribution in [2.45, 2.75) is 65.8 Å². The van der Waals surface area contributed by atoms with Crippen LogP contribution in [0.5, 0.6) is 0 Å². The Bertz CT molecular complexity index is 1200. The van der Waals surface area contributed by atoms with Crippen molar-refractivity contribution in [1.29, 1.82) is 0 Å². The molecule has 153 valence electrons. The summed E-state index contributed by atoms with van der Waals surface area (Å²) in [7, 11) is 4.14. The first-order chi connectivity index (χ1) is 14.3. The Kier molecular flexibility index (Phi) is 5.63. The summed E-state index contributed by atoms with van der Waals surface area (Å²) in [6.07, 6.45) is 0. The van der Waals surface area contributed by atoms with Crippen molar-refractivity contribution < 1.29 is 0 Å². The van der Waals surface area contributed by atoms with Crippen LogP contribution in [0.4, 0.5) is 0 Å². The second-order valence-electron chi connectivity index (χ2n) is 9.39. The third-order valence-corrected chi connectivity index (χ3v) is 6.78. The van der Waals surface area contributed by atoms with Crippen molar-refractivity contribution in [3.8, 4) is 0 Å². The van der Waals surface area contributed by atoms with Crippen LogP contribution in [0.15, 0.2) is 54.6 Å². The maximum atomic E-state index is 4.14. The van der Waals surface area contributed by atoms with Crippen LogP contribution >= 0.6 is 0 Å². The summed E-state index contributed by atoms with van der Waals surface area (Å²) in [5, 5.41) is 4.09. The Labute approximate surface area is 184 Å². The predicted octanol–water partition coefficient (Wildman–Crippen LogP) is 7.01. The third-order valence-electron chi connectivity index (χ3n) is 6.24. The van der Waals surface area contributed by atoms with Gasteiger partial charge in [-0.2, -0.15) is 0 Å². The molecule has 0 aliphatic heterocycles. The van der Waals surface area contributed by atoms with Crippen molar-refractivity contribution >= 4 is 37.2 Å². The summed E-state index contributed by atoms with van der Waals surface area (Å²) in [6, 6.07) is 19.8. The fourth-order valence-electron chi connectivity index (χ4n) is 5.08. The Hall–Kier alpha value is -2.32. The van der Waals surface area contributed by atoms with E-state index in [9.17, 15) is 0 Å². The van der Waals surface area contributed by atoms with Crippen LogP contribution in [0.25, 0.3) is 21.8 Å². The van der Waals surface area contributed by atoms with Crippen LogP contribution < -0.4 is 5.19 Å². The largest absolute Gasteiger partial charge is 0.336 e. The molecular weight excluding hydrogens is 378 g/mol. The molecule has 0 bridgehead atoms. The number of para-hydroxylation sites is 1. The molecule has 30 heavy (non-hydrogen) atoms. The van der Waals surface area contributed by atoms with Crippen LogP contribution in [0.2, 0.25) is 0 Å². The van der Waals surface area contributed by atoms with Gasteiger partial charge in [-0.25, -0.2) is 0 Å². The smallest absolute Gasteiger partial charge is 0.0720 e. The lowest BCUT2D eigenvalue weighted by molar-refractivity contribution is 0.780. The van der Waals surface area contributed by atoms with Crippen LogP contribution in [0.3, 0.4) is 0 Å². The maximum absolute atomic E-state index is 4.14. The second-order valence-corrected chi connectivity index (χ2v) is 9.89. The minimum atomic E-state index is 0.440. The van der Waals surface area contributed by atoms with Crippen LogP contribution in [0, 0.1) is 0 Å². The zero-order chi connectivity index (χ0) is 21.6. The average Bonchev–Trinajstić information content (AvgIpc) is 3.01. The molecule has 0 N–H and O–H groups in total. The van der Waals surface area contributed by atoms with Gasteiger partial charge in [-0.3, -0.25) is 0 Å². The zero-order valence-corrected chi connectivity index (χ0v) is 20.1. The second kappa shape index (κ2) is 8.07. The highest BCUT2D eigenvalue weighted by Crippen LogP contribution is 2.41. The van der Waals surface area contributed by atoms with Gasteiger partial charge in [-0.1, -0.05) is 95.3 Å². The van der Waals surface area contributed by atoms with Crippen molar-refractivity contribution in [3.63, 3.8) is 0 Å². The van der Waals surface area contributed by atoms with Gasteiger partial charge in [0.1, 0.15) is 0 Å². The van der Waals surface area contributed by atoms with Crippen LogP contribution in [-0.2, 0) is 6.54 Å². The van der Waals surface area contributed by atoms with Gasteiger partial charge in [0.2, 0.25) is 0 Å². The third kappa shape index (κ3) is 3.32. The Morgan fingerprint density at radius 3 is 1.87 bits per heavy atom. The summed E-state index contributed by atoms with van der Waals surface area (Å²) in [6.45, 7) is 14.9. The molecule has 0 fully saturated rings. The molecule has 2 heteroatoms. The summed E-state index contributed by atoms with van der Waals surface area (Å²) in [5.74, 6) is 1.34. The SMILES string of the molecule is CC(C)c1c([Si])c(C(C)C)c2c3ccccc3n(Cc3ccccc3)c2c1C(C)C. The monoisotopic (exact) mass is 410 g/mol. The van der Waals surface area contributed by atoms with Gasteiger partial charge in [0.05, 0.1) is 15.8 Å². The van der Waals surface area contributed by atoms with E-state index in [0.29, 0.717) is 17.8 Å². The van der Waals surface area contributed by atoms with Crippen LogP contribution in [0.1, 0.15) is 81.5 Å². The number of benzene rings is 3. The Balaban J connectivity index is 2.25. The molecule has 0 unspecified atom stereocenters. The first-order valence-electron chi connectivity index (χ1n) is 11.2. The highest BCUT2D eigenvalue weighted by atomic mass is 28.1. The molecule has 4 aromatic rings. The van der Waals surface area contributed by atoms with Gasteiger partial charge >= 0.3 is 0 Å². The average molecular weight is 411 g/mol. The molecule has 0 saturated carbocycles. The quantitative estimate of drug-likeness (QED) is 0.312. The van der Waals surface area contributed by atoms with Gasteiger partial charge in [0.15, 0.2) is 0 Å². The number of hydrogen-bond acceptors (Lipinski definition) is 0. The molecule has 0 aliphatic rings.